The van der Waals surface area contributed by atoms with Crippen LogP contribution in [0.3, 0.4) is 0 Å². The zero-order valence-corrected chi connectivity index (χ0v) is 11.6. The van der Waals surface area contributed by atoms with E-state index in [0.717, 1.165) is 23.6 Å². The summed E-state index contributed by atoms with van der Waals surface area (Å²) in [5.41, 5.74) is 1.73. The number of urea groups is 1. The molecule has 0 aliphatic rings. The third kappa shape index (κ3) is 3.54. The zero-order chi connectivity index (χ0) is 14.4. The van der Waals surface area contributed by atoms with Gasteiger partial charge in [-0.1, -0.05) is 6.92 Å². The molecule has 0 saturated carbocycles. The molecule has 5 nitrogen and oxygen atoms in total. The summed E-state index contributed by atoms with van der Waals surface area (Å²) in [5, 5.41) is 8.63. The molecule has 2 amide bonds. The molecule has 0 bridgehead atoms. The Morgan fingerprint density at radius 1 is 1.20 bits per heavy atom. The van der Waals surface area contributed by atoms with E-state index in [9.17, 15) is 4.79 Å². The van der Waals surface area contributed by atoms with Gasteiger partial charge in [0.2, 0.25) is 0 Å². The van der Waals surface area contributed by atoms with Crippen LogP contribution in [0.4, 0.5) is 16.2 Å². The van der Waals surface area contributed by atoms with Crippen LogP contribution in [0.2, 0.25) is 0 Å². The maximum absolute atomic E-state index is 11.2. The predicted octanol–water partition coefficient (Wildman–Crippen LogP) is 3.59. The molecule has 0 saturated heterocycles. The minimum Gasteiger partial charge on any atom is -0.467 e. The van der Waals surface area contributed by atoms with Gasteiger partial charge in [0.25, 0.3) is 0 Å². The zero-order valence-electron chi connectivity index (χ0n) is 11.6. The molecule has 1 unspecified atom stereocenters. The SMILES string of the molecule is CCC(Nc1ccc(NC(=O)NC)cc1)c1ccco1. The second-order valence-electron chi connectivity index (χ2n) is 4.40. The minimum atomic E-state index is -0.229. The Hall–Kier alpha value is -2.43. The molecule has 2 aromatic rings. The number of anilines is 2. The Kier molecular flexibility index (Phi) is 4.65. The largest absolute Gasteiger partial charge is 0.467 e. The van der Waals surface area contributed by atoms with Crippen LogP contribution in [0, 0.1) is 0 Å². The molecule has 0 radical (unpaired) electrons. The Balaban J connectivity index is 2.01. The highest BCUT2D eigenvalue weighted by Crippen LogP contribution is 2.23. The average Bonchev–Trinajstić information content (AvgIpc) is 3.00. The van der Waals surface area contributed by atoms with Crippen molar-refractivity contribution in [1.82, 2.24) is 5.32 Å². The molecular formula is C15H19N3O2. The van der Waals surface area contributed by atoms with Gasteiger partial charge in [-0.15, -0.1) is 0 Å². The fourth-order valence-electron chi connectivity index (χ4n) is 1.91. The molecule has 0 fully saturated rings. The van der Waals surface area contributed by atoms with Crippen molar-refractivity contribution in [3.05, 3.63) is 48.4 Å². The molecule has 3 N–H and O–H groups in total. The summed E-state index contributed by atoms with van der Waals surface area (Å²) in [5.74, 6) is 0.917. The van der Waals surface area contributed by atoms with Gasteiger partial charge >= 0.3 is 6.03 Å². The third-order valence-corrected chi connectivity index (χ3v) is 3.01. The molecule has 1 heterocycles. The number of carbonyl (C=O) groups is 1. The fourth-order valence-corrected chi connectivity index (χ4v) is 1.91. The Morgan fingerprint density at radius 3 is 2.45 bits per heavy atom. The Morgan fingerprint density at radius 2 is 1.90 bits per heavy atom. The van der Waals surface area contributed by atoms with Crippen molar-refractivity contribution in [3.8, 4) is 0 Å². The van der Waals surface area contributed by atoms with Crippen molar-refractivity contribution in [3.63, 3.8) is 0 Å². The number of rotatable bonds is 5. The van der Waals surface area contributed by atoms with Gasteiger partial charge in [-0.2, -0.15) is 0 Å². The number of nitrogens with one attached hydrogen (secondary N) is 3. The molecule has 106 valence electrons. The summed E-state index contributed by atoms with van der Waals surface area (Å²) in [6.45, 7) is 2.10. The van der Waals surface area contributed by atoms with E-state index >= 15 is 0 Å². The summed E-state index contributed by atoms with van der Waals surface area (Å²) in [6, 6.07) is 11.3. The van der Waals surface area contributed by atoms with E-state index in [1.807, 2.05) is 36.4 Å². The summed E-state index contributed by atoms with van der Waals surface area (Å²) in [4.78, 5) is 11.2. The van der Waals surface area contributed by atoms with Crippen molar-refractivity contribution in [2.75, 3.05) is 17.7 Å². The molecule has 0 aliphatic heterocycles. The topological polar surface area (TPSA) is 66.3 Å². The second-order valence-corrected chi connectivity index (χ2v) is 4.40. The molecule has 5 heteroatoms. The van der Waals surface area contributed by atoms with Crippen LogP contribution in [0.25, 0.3) is 0 Å². The monoisotopic (exact) mass is 273 g/mol. The van der Waals surface area contributed by atoms with Gasteiger partial charge in [-0.05, 0) is 42.8 Å². The quantitative estimate of drug-likeness (QED) is 0.780. The van der Waals surface area contributed by atoms with Gasteiger partial charge in [0, 0.05) is 18.4 Å². The second kappa shape index (κ2) is 6.65. The maximum Gasteiger partial charge on any atom is 0.318 e. The molecule has 20 heavy (non-hydrogen) atoms. The number of hydrogen-bond donors (Lipinski definition) is 3. The number of benzene rings is 1. The van der Waals surface area contributed by atoms with E-state index in [1.54, 1.807) is 13.3 Å². The predicted molar refractivity (Wildman–Crippen MR) is 79.9 cm³/mol. The first-order chi connectivity index (χ1) is 9.72. The van der Waals surface area contributed by atoms with E-state index in [-0.39, 0.29) is 12.1 Å². The number of furan rings is 1. The molecule has 1 aromatic carbocycles. The Bertz CT molecular complexity index is 535. The van der Waals surface area contributed by atoms with Crippen molar-refractivity contribution >= 4 is 17.4 Å². The van der Waals surface area contributed by atoms with Crippen LogP contribution in [-0.2, 0) is 0 Å². The van der Waals surface area contributed by atoms with Gasteiger partial charge in [0.15, 0.2) is 0 Å². The first-order valence-electron chi connectivity index (χ1n) is 6.61. The first kappa shape index (κ1) is 14.0. The lowest BCUT2D eigenvalue weighted by Crippen LogP contribution is -2.24. The van der Waals surface area contributed by atoms with Gasteiger partial charge < -0.3 is 20.4 Å². The summed E-state index contributed by atoms with van der Waals surface area (Å²) < 4.78 is 5.42. The first-order valence-corrected chi connectivity index (χ1v) is 6.61. The highest BCUT2D eigenvalue weighted by atomic mass is 16.3. The fraction of sp³-hybridized carbons (Fsp3) is 0.267. The standard InChI is InChI=1S/C15H19N3O2/c1-3-13(14-5-4-10-20-14)17-11-6-8-12(9-7-11)18-15(19)16-2/h4-10,13,17H,3H2,1-2H3,(H2,16,18,19). The molecular weight excluding hydrogens is 254 g/mol. The van der Waals surface area contributed by atoms with Crippen LogP contribution < -0.4 is 16.0 Å². The molecule has 2 rings (SSSR count). The highest BCUT2D eigenvalue weighted by Gasteiger charge is 2.11. The molecule has 1 atom stereocenters. The van der Waals surface area contributed by atoms with Crippen molar-refractivity contribution in [1.29, 1.82) is 0 Å². The lowest BCUT2D eigenvalue weighted by atomic mass is 10.1. The van der Waals surface area contributed by atoms with Crippen molar-refractivity contribution in [2.24, 2.45) is 0 Å². The smallest absolute Gasteiger partial charge is 0.318 e. The summed E-state index contributed by atoms with van der Waals surface area (Å²) >= 11 is 0. The number of hydrogen-bond acceptors (Lipinski definition) is 3. The van der Waals surface area contributed by atoms with E-state index in [0.29, 0.717) is 0 Å². The molecule has 1 aromatic heterocycles. The van der Waals surface area contributed by atoms with Crippen molar-refractivity contribution < 1.29 is 9.21 Å². The number of amides is 2. The highest BCUT2D eigenvalue weighted by molar-refractivity contribution is 5.89. The molecule has 0 aliphatic carbocycles. The van der Waals surface area contributed by atoms with Gasteiger partial charge in [0.05, 0.1) is 12.3 Å². The van der Waals surface area contributed by atoms with E-state index in [1.165, 1.54) is 0 Å². The van der Waals surface area contributed by atoms with Crippen LogP contribution in [-0.4, -0.2) is 13.1 Å². The number of carbonyl (C=O) groups excluding carboxylic acids is 1. The van der Waals surface area contributed by atoms with Crippen LogP contribution in [0.15, 0.2) is 47.1 Å². The lowest BCUT2D eigenvalue weighted by Gasteiger charge is -2.16. The van der Waals surface area contributed by atoms with Gasteiger partial charge in [0.1, 0.15) is 5.76 Å². The summed E-state index contributed by atoms with van der Waals surface area (Å²) in [6.07, 6.45) is 2.60. The average molecular weight is 273 g/mol. The van der Waals surface area contributed by atoms with Gasteiger partial charge in [-0.3, -0.25) is 0 Å². The maximum atomic E-state index is 11.2. The van der Waals surface area contributed by atoms with E-state index < -0.39 is 0 Å². The van der Waals surface area contributed by atoms with Crippen LogP contribution in [0.1, 0.15) is 25.1 Å². The normalized spacial score (nSPS) is 11.7. The third-order valence-electron chi connectivity index (χ3n) is 3.01. The lowest BCUT2D eigenvalue weighted by molar-refractivity contribution is 0.254. The van der Waals surface area contributed by atoms with E-state index in [2.05, 4.69) is 22.9 Å². The molecule has 0 spiro atoms. The van der Waals surface area contributed by atoms with E-state index in [4.69, 9.17) is 4.42 Å². The Labute approximate surface area is 118 Å². The van der Waals surface area contributed by atoms with Gasteiger partial charge in [-0.25, -0.2) is 4.79 Å². The minimum absolute atomic E-state index is 0.141. The van der Waals surface area contributed by atoms with Crippen molar-refractivity contribution in [2.45, 2.75) is 19.4 Å². The van der Waals surface area contributed by atoms with Crippen LogP contribution >= 0.6 is 0 Å². The summed E-state index contributed by atoms with van der Waals surface area (Å²) in [7, 11) is 1.58. The van der Waals surface area contributed by atoms with Crippen LogP contribution in [0.5, 0.6) is 0 Å².